The van der Waals surface area contributed by atoms with Gasteiger partial charge in [-0.05, 0) is 31.0 Å². The molecule has 5 heteroatoms. The number of ether oxygens (including phenoxy) is 1. The lowest BCUT2D eigenvalue weighted by atomic mass is 9.94. The third-order valence-electron chi connectivity index (χ3n) is 3.24. The van der Waals surface area contributed by atoms with Crippen LogP contribution in [0.5, 0.6) is 0 Å². The largest absolute Gasteiger partial charge is 0.463 e. The first-order chi connectivity index (χ1) is 10.1. The summed E-state index contributed by atoms with van der Waals surface area (Å²) in [6.45, 7) is 7.44. The van der Waals surface area contributed by atoms with Crippen LogP contribution in [0.2, 0.25) is 0 Å². The van der Waals surface area contributed by atoms with Gasteiger partial charge in [-0.25, -0.2) is 9.59 Å². The Morgan fingerprint density at radius 2 is 2.24 bits per heavy atom. The summed E-state index contributed by atoms with van der Waals surface area (Å²) in [5.74, 6) is -0.434. The number of benzene rings is 1. The molecule has 0 fully saturated rings. The van der Waals surface area contributed by atoms with E-state index in [0.29, 0.717) is 11.3 Å². The molecule has 0 saturated heterocycles. The molecule has 0 spiro atoms. The molecule has 0 bridgehead atoms. The van der Waals surface area contributed by atoms with E-state index in [2.05, 4.69) is 17.2 Å². The minimum atomic E-state index is -0.530. The van der Waals surface area contributed by atoms with Crippen LogP contribution in [0.25, 0.3) is 6.08 Å². The number of hydrogen-bond acceptors (Lipinski definition) is 3. The van der Waals surface area contributed by atoms with Gasteiger partial charge in [-0.1, -0.05) is 30.9 Å². The smallest absolute Gasteiger partial charge is 0.338 e. The molecule has 0 aliphatic carbocycles. The Morgan fingerprint density at radius 1 is 1.48 bits per heavy atom. The zero-order valence-electron chi connectivity index (χ0n) is 12.1. The summed E-state index contributed by atoms with van der Waals surface area (Å²) in [6.07, 6.45) is 1.72. The van der Waals surface area contributed by atoms with Gasteiger partial charge in [0, 0.05) is 5.70 Å². The predicted octanol–water partition coefficient (Wildman–Crippen LogP) is 2.52. The molecule has 1 aromatic carbocycles. The van der Waals surface area contributed by atoms with Gasteiger partial charge < -0.3 is 15.4 Å². The molecule has 5 nitrogen and oxygen atoms in total. The molecule has 0 aromatic heterocycles. The zero-order chi connectivity index (χ0) is 15.4. The molecule has 2 amide bonds. The van der Waals surface area contributed by atoms with Crippen LogP contribution in [0.4, 0.5) is 4.79 Å². The molecule has 1 aliphatic rings. The summed E-state index contributed by atoms with van der Waals surface area (Å²) in [5.41, 5.74) is 2.65. The average Bonchev–Trinajstić information content (AvgIpc) is 2.46. The van der Waals surface area contributed by atoms with Crippen molar-refractivity contribution in [3.8, 4) is 0 Å². The van der Waals surface area contributed by atoms with Crippen molar-refractivity contribution >= 4 is 18.1 Å². The maximum Gasteiger partial charge on any atom is 0.338 e. The SMILES string of the molecule is C=Cc1cccc(C2NC(=O)NC(C)=C2C(=O)OCC)c1. The summed E-state index contributed by atoms with van der Waals surface area (Å²) in [6, 6.07) is 6.64. The summed E-state index contributed by atoms with van der Waals surface area (Å²) in [7, 11) is 0. The molecular formula is C16H18N2O3. The predicted molar refractivity (Wildman–Crippen MR) is 80.3 cm³/mol. The number of allylic oxidation sites excluding steroid dienone is 1. The van der Waals surface area contributed by atoms with Crippen molar-refractivity contribution in [2.75, 3.05) is 6.61 Å². The fraction of sp³-hybridized carbons (Fsp3) is 0.250. The van der Waals surface area contributed by atoms with Crippen molar-refractivity contribution in [3.63, 3.8) is 0 Å². The maximum atomic E-state index is 12.2. The minimum Gasteiger partial charge on any atom is -0.463 e. The number of urea groups is 1. The van der Waals surface area contributed by atoms with E-state index in [4.69, 9.17) is 4.74 Å². The van der Waals surface area contributed by atoms with E-state index in [1.807, 2.05) is 24.3 Å². The first-order valence-electron chi connectivity index (χ1n) is 6.74. The Labute approximate surface area is 123 Å². The number of carbonyl (C=O) groups is 2. The van der Waals surface area contributed by atoms with E-state index in [9.17, 15) is 9.59 Å². The molecule has 2 N–H and O–H groups in total. The van der Waals surface area contributed by atoms with Gasteiger partial charge in [0.2, 0.25) is 0 Å². The van der Waals surface area contributed by atoms with E-state index in [-0.39, 0.29) is 12.6 Å². The van der Waals surface area contributed by atoms with E-state index in [0.717, 1.165) is 11.1 Å². The second-order valence-electron chi connectivity index (χ2n) is 4.66. The quantitative estimate of drug-likeness (QED) is 0.836. The highest BCUT2D eigenvalue weighted by Gasteiger charge is 2.31. The van der Waals surface area contributed by atoms with E-state index in [1.165, 1.54) is 0 Å². The summed E-state index contributed by atoms with van der Waals surface area (Å²) in [4.78, 5) is 23.9. The lowest BCUT2D eigenvalue weighted by Gasteiger charge is -2.28. The third-order valence-corrected chi connectivity index (χ3v) is 3.24. The van der Waals surface area contributed by atoms with Crippen LogP contribution < -0.4 is 10.6 Å². The highest BCUT2D eigenvalue weighted by Crippen LogP contribution is 2.28. The molecular weight excluding hydrogens is 268 g/mol. The van der Waals surface area contributed by atoms with Gasteiger partial charge in [-0.2, -0.15) is 0 Å². The van der Waals surface area contributed by atoms with Crippen molar-refractivity contribution in [2.24, 2.45) is 0 Å². The summed E-state index contributed by atoms with van der Waals surface area (Å²) < 4.78 is 5.09. The van der Waals surface area contributed by atoms with Crippen LogP contribution in [0.1, 0.15) is 31.0 Å². The molecule has 1 aliphatic heterocycles. The van der Waals surface area contributed by atoms with Crippen LogP contribution in [0.3, 0.4) is 0 Å². The lowest BCUT2D eigenvalue weighted by Crippen LogP contribution is -2.45. The van der Waals surface area contributed by atoms with Gasteiger partial charge in [-0.15, -0.1) is 0 Å². The summed E-state index contributed by atoms with van der Waals surface area (Å²) >= 11 is 0. The molecule has 0 saturated carbocycles. The highest BCUT2D eigenvalue weighted by molar-refractivity contribution is 5.95. The van der Waals surface area contributed by atoms with Crippen molar-refractivity contribution in [2.45, 2.75) is 19.9 Å². The van der Waals surface area contributed by atoms with Crippen molar-refractivity contribution < 1.29 is 14.3 Å². The first kappa shape index (κ1) is 14.8. The number of carbonyl (C=O) groups excluding carboxylic acids is 2. The Balaban J connectivity index is 2.46. The monoisotopic (exact) mass is 286 g/mol. The van der Waals surface area contributed by atoms with Gasteiger partial charge in [0.25, 0.3) is 0 Å². The van der Waals surface area contributed by atoms with Crippen LogP contribution in [-0.2, 0) is 9.53 Å². The summed E-state index contributed by atoms with van der Waals surface area (Å²) in [5, 5.41) is 5.37. The lowest BCUT2D eigenvalue weighted by molar-refractivity contribution is -0.139. The van der Waals surface area contributed by atoms with E-state index in [1.54, 1.807) is 19.9 Å². The van der Waals surface area contributed by atoms with Gasteiger partial charge >= 0.3 is 12.0 Å². The molecule has 1 aromatic rings. The molecule has 2 rings (SSSR count). The van der Waals surface area contributed by atoms with Crippen molar-refractivity contribution in [3.05, 3.63) is 53.2 Å². The zero-order valence-corrected chi connectivity index (χ0v) is 12.1. The van der Waals surface area contributed by atoms with Crippen LogP contribution >= 0.6 is 0 Å². The van der Waals surface area contributed by atoms with Crippen LogP contribution in [-0.4, -0.2) is 18.6 Å². The third kappa shape index (κ3) is 3.13. The Kier molecular flexibility index (Phi) is 4.42. The van der Waals surface area contributed by atoms with Gasteiger partial charge in [-0.3, -0.25) is 0 Å². The minimum absolute atomic E-state index is 0.281. The van der Waals surface area contributed by atoms with Crippen LogP contribution in [0.15, 0.2) is 42.1 Å². The standard InChI is InChI=1S/C16H18N2O3/c1-4-11-7-6-8-12(9-11)14-13(15(19)21-5-2)10(3)17-16(20)18-14/h4,6-9,14H,1,5H2,2-3H3,(H2,17,18,20). The molecule has 21 heavy (non-hydrogen) atoms. The van der Waals surface area contributed by atoms with Gasteiger partial charge in [0.05, 0.1) is 18.2 Å². The second-order valence-corrected chi connectivity index (χ2v) is 4.66. The highest BCUT2D eigenvalue weighted by atomic mass is 16.5. The number of hydrogen-bond donors (Lipinski definition) is 2. The van der Waals surface area contributed by atoms with Gasteiger partial charge in [0.15, 0.2) is 0 Å². The number of nitrogens with one attached hydrogen (secondary N) is 2. The van der Waals surface area contributed by atoms with E-state index >= 15 is 0 Å². The fourth-order valence-electron chi connectivity index (χ4n) is 2.29. The molecule has 0 radical (unpaired) electrons. The normalized spacial score (nSPS) is 17.8. The molecule has 1 atom stereocenters. The van der Waals surface area contributed by atoms with Gasteiger partial charge in [0.1, 0.15) is 0 Å². The average molecular weight is 286 g/mol. The molecule has 1 unspecified atom stereocenters. The maximum absolute atomic E-state index is 12.2. The fourth-order valence-corrected chi connectivity index (χ4v) is 2.29. The van der Waals surface area contributed by atoms with Crippen molar-refractivity contribution in [1.82, 2.24) is 10.6 Å². The van der Waals surface area contributed by atoms with E-state index < -0.39 is 12.0 Å². The number of rotatable bonds is 4. The number of amides is 2. The van der Waals surface area contributed by atoms with Crippen LogP contribution in [0, 0.1) is 0 Å². The van der Waals surface area contributed by atoms with Crippen molar-refractivity contribution in [1.29, 1.82) is 0 Å². The Morgan fingerprint density at radius 3 is 2.90 bits per heavy atom. The Hall–Kier alpha value is -2.56. The Bertz CT molecular complexity index is 620. The topological polar surface area (TPSA) is 67.4 Å². The number of esters is 1. The second kappa shape index (κ2) is 6.26. The molecule has 1 heterocycles. The first-order valence-corrected chi connectivity index (χ1v) is 6.74. The molecule has 110 valence electrons.